The molecule has 8 nitrogen and oxygen atoms in total. The minimum Gasteiger partial charge on any atom is -0.497 e. The molecule has 2 aliphatic heterocycles. The van der Waals surface area contributed by atoms with E-state index in [1.165, 1.54) is 19.3 Å². The molecular weight excluding hydrogens is 418 g/mol. The lowest BCUT2D eigenvalue weighted by Crippen LogP contribution is -2.46. The Bertz CT molecular complexity index is 890. The van der Waals surface area contributed by atoms with Gasteiger partial charge in [-0.3, -0.25) is 9.69 Å². The Morgan fingerprint density at radius 1 is 1.15 bits per heavy atom. The van der Waals surface area contributed by atoms with Gasteiger partial charge in [0, 0.05) is 43.8 Å². The number of piperidine rings is 2. The molecule has 2 saturated heterocycles. The molecule has 0 unspecified atom stereocenters. The number of nitrogens with zero attached hydrogens (tertiary/aromatic N) is 4. The Kier molecular flexibility index (Phi) is 7.85. The standard InChI is InChI=1S/C25H37N5O3/c1-18-7-4-8-19(2)30(18)16-6-14-26-24(31)21-9-5-15-29(17-21)25-27-23(28-33-25)20-10-12-22(32-3)13-11-20/h10-13,18-19,21H,4-9,14-17H2,1-3H3,(H,26,31)/t18-,19+,21-/m0/s1. The summed E-state index contributed by atoms with van der Waals surface area (Å²) in [5.74, 6) is 1.41. The molecule has 2 fully saturated rings. The summed E-state index contributed by atoms with van der Waals surface area (Å²) in [5, 5.41) is 7.30. The summed E-state index contributed by atoms with van der Waals surface area (Å²) >= 11 is 0. The van der Waals surface area contributed by atoms with Gasteiger partial charge < -0.3 is 19.5 Å². The van der Waals surface area contributed by atoms with E-state index in [-0.39, 0.29) is 11.8 Å². The molecule has 8 heteroatoms. The van der Waals surface area contributed by atoms with Gasteiger partial charge in [0.1, 0.15) is 5.75 Å². The van der Waals surface area contributed by atoms with E-state index < -0.39 is 0 Å². The van der Waals surface area contributed by atoms with E-state index in [0.717, 1.165) is 50.2 Å². The maximum Gasteiger partial charge on any atom is 0.324 e. The summed E-state index contributed by atoms with van der Waals surface area (Å²) in [7, 11) is 1.64. The Hall–Kier alpha value is -2.61. The van der Waals surface area contributed by atoms with Crippen LogP contribution in [0.3, 0.4) is 0 Å². The molecule has 3 heterocycles. The number of carbonyl (C=O) groups excluding carboxylic acids is 1. The second-order valence-corrected chi connectivity index (χ2v) is 9.43. The van der Waals surface area contributed by atoms with Crippen LogP contribution in [0.15, 0.2) is 28.8 Å². The van der Waals surface area contributed by atoms with Crippen LogP contribution in [-0.4, -0.2) is 66.3 Å². The third-order valence-electron chi connectivity index (χ3n) is 7.09. The first kappa shape index (κ1) is 23.5. The fourth-order valence-electron chi connectivity index (χ4n) is 5.10. The number of benzene rings is 1. The molecule has 1 N–H and O–H groups in total. The van der Waals surface area contributed by atoms with E-state index in [1.807, 2.05) is 29.2 Å². The van der Waals surface area contributed by atoms with Crippen molar-refractivity contribution in [3.8, 4) is 17.1 Å². The number of anilines is 1. The Morgan fingerprint density at radius 3 is 2.64 bits per heavy atom. The fourth-order valence-corrected chi connectivity index (χ4v) is 5.10. The first-order valence-electron chi connectivity index (χ1n) is 12.3. The number of ether oxygens (including phenoxy) is 1. The molecule has 0 bridgehead atoms. The topological polar surface area (TPSA) is 83.7 Å². The third kappa shape index (κ3) is 5.85. The molecular formula is C25H37N5O3. The van der Waals surface area contributed by atoms with E-state index >= 15 is 0 Å². The fraction of sp³-hybridized carbons (Fsp3) is 0.640. The zero-order valence-corrected chi connectivity index (χ0v) is 20.1. The lowest BCUT2D eigenvalue weighted by Gasteiger charge is -2.39. The molecule has 33 heavy (non-hydrogen) atoms. The van der Waals surface area contributed by atoms with E-state index in [1.54, 1.807) is 7.11 Å². The summed E-state index contributed by atoms with van der Waals surface area (Å²) in [6, 6.07) is 9.34. The van der Waals surface area contributed by atoms with Gasteiger partial charge in [-0.25, -0.2) is 0 Å². The number of carbonyl (C=O) groups is 1. The van der Waals surface area contributed by atoms with Crippen LogP contribution in [0.4, 0.5) is 6.01 Å². The second kappa shape index (κ2) is 11.0. The van der Waals surface area contributed by atoms with Gasteiger partial charge in [-0.15, -0.1) is 0 Å². The SMILES string of the molecule is COc1ccc(-c2noc(N3CCC[C@H](C(=O)NCCCN4[C@H](C)CCC[C@@H]4C)C3)n2)cc1. The molecule has 1 aromatic carbocycles. The number of rotatable bonds is 8. The lowest BCUT2D eigenvalue weighted by atomic mass is 9.97. The van der Waals surface area contributed by atoms with Crippen molar-refractivity contribution in [2.75, 3.05) is 38.2 Å². The van der Waals surface area contributed by atoms with E-state index in [4.69, 9.17) is 9.26 Å². The van der Waals surface area contributed by atoms with Crippen LogP contribution in [0.1, 0.15) is 52.4 Å². The summed E-state index contributed by atoms with van der Waals surface area (Å²) in [6.45, 7) is 7.85. The van der Waals surface area contributed by atoms with Crippen molar-refractivity contribution in [1.29, 1.82) is 0 Å². The van der Waals surface area contributed by atoms with E-state index in [0.29, 0.717) is 30.5 Å². The van der Waals surface area contributed by atoms with Crippen LogP contribution in [0.2, 0.25) is 0 Å². The van der Waals surface area contributed by atoms with Crippen molar-refractivity contribution < 1.29 is 14.1 Å². The highest BCUT2D eigenvalue weighted by molar-refractivity contribution is 5.79. The number of likely N-dealkylation sites (tertiary alicyclic amines) is 1. The summed E-state index contributed by atoms with van der Waals surface area (Å²) in [5.41, 5.74) is 0.870. The van der Waals surface area contributed by atoms with Gasteiger partial charge >= 0.3 is 6.01 Å². The van der Waals surface area contributed by atoms with Crippen LogP contribution in [0, 0.1) is 5.92 Å². The summed E-state index contributed by atoms with van der Waals surface area (Å²) in [4.78, 5) is 22.0. The molecule has 2 aliphatic rings. The van der Waals surface area contributed by atoms with Crippen molar-refractivity contribution >= 4 is 11.9 Å². The van der Waals surface area contributed by atoms with E-state index in [2.05, 4.69) is 34.2 Å². The van der Waals surface area contributed by atoms with Crippen LogP contribution in [-0.2, 0) is 4.79 Å². The van der Waals surface area contributed by atoms with Gasteiger partial charge in [-0.1, -0.05) is 11.6 Å². The first-order valence-corrected chi connectivity index (χ1v) is 12.3. The van der Waals surface area contributed by atoms with Gasteiger partial charge in [0.2, 0.25) is 11.7 Å². The number of methoxy groups -OCH3 is 1. The van der Waals surface area contributed by atoms with Crippen molar-refractivity contribution in [1.82, 2.24) is 20.4 Å². The van der Waals surface area contributed by atoms with Gasteiger partial charge in [0.05, 0.1) is 13.0 Å². The molecule has 0 spiro atoms. The lowest BCUT2D eigenvalue weighted by molar-refractivity contribution is -0.125. The largest absolute Gasteiger partial charge is 0.497 e. The first-order chi connectivity index (χ1) is 16.0. The number of amides is 1. The predicted octanol–water partition coefficient (Wildman–Crippen LogP) is 3.73. The zero-order valence-electron chi connectivity index (χ0n) is 20.1. The third-order valence-corrected chi connectivity index (χ3v) is 7.09. The maximum atomic E-state index is 12.8. The highest BCUT2D eigenvalue weighted by Gasteiger charge is 2.29. The molecule has 0 radical (unpaired) electrons. The number of hydrogen-bond donors (Lipinski definition) is 1. The van der Waals surface area contributed by atoms with Gasteiger partial charge in [0.15, 0.2) is 0 Å². The molecule has 0 aliphatic carbocycles. The average molecular weight is 456 g/mol. The Balaban J connectivity index is 1.26. The number of hydrogen-bond acceptors (Lipinski definition) is 7. The minimum absolute atomic E-state index is 0.0529. The van der Waals surface area contributed by atoms with Crippen LogP contribution in [0.5, 0.6) is 5.75 Å². The summed E-state index contributed by atoms with van der Waals surface area (Å²) < 4.78 is 10.7. The van der Waals surface area contributed by atoms with Crippen LogP contribution in [0.25, 0.3) is 11.4 Å². The predicted molar refractivity (Wildman–Crippen MR) is 128 cm³/mol. The highest BCUT2D eigenvalue weighted by Crippen LogP contribution is 2.26. The molecule has 3 atom stereocenters. The van der Waals surface area contributed by atoms with Gasteiger partial charge in [-0.05, 0) is 70.2 Å². The normalized spacial score (nSPS) is 24.0. The Labute approximate surface area is 196 Å². The number of aromatic nitrogens is 2. The monoisotopic (exact) mass is 455 g/mol. The molecule has 180 valence electrons. The minimum atomic E-state index is -0.0529. The zero-order chi connectivity index (χ0) is 23.2. The second-order valence-electron chi connectivity index (χ2n) is 9.43. The highest BCUT2D eigenvalue weighted by atomic mass is 16.5. The quantitative estimate of drug-likeness (QED) is 0.607. The molecule has 0 saturated carbocycles. The molecule has 4 rings (SSSR count). The van der Waals surface area contributed by atoms with Crippen molar-refractivity contribution in [2.24, 2.45) is 5.92 Å². The van der Waals surface area contributed by atoms with Crippen LogP contribution < -0.4 is 15.0 Å². The molecule has 2 aromatic rings. The van der Waals surface area contributed by atoms with Crippen molar-refractivity contribution in [3.63, 3.8) is 0 Å². The smallest absolute Gasteiger partial charge is 0.324 e. The average Bonchev–Trinajstić information content (AvgIpc) is 3.34. The van der Waals surface area contributed by atoms with Gasteiger partial charge in [0.25, 0.3) is 0 Å². The Morgan fingerprint density at radius 2 is 1.91 bits per heavy atom. The number of nitrogens with one attached hydrogen (secondary N) is 1. The maximum absolute atomic E-state index is 12.8. The van der Waals surface area contributed by atoms with Crippen molar-refractivity contribution in [2.45, 2.75) is 64.5 Å². The summed E-state index contributed by atoms with van der Waals surface area (Å²) in [6.07, 6.45) is 6.71. The molecule has 1 aromatic heterocycles. The van der Waals surface area contributed by atoms with E-state index in [9.17, 15) is 4.79 Å². The van der Waals surface area contributed by atoms with Crippen molar-refractivity contribution in [3.05, 3.63) is 24.3 Å². The van der Waals surface area contributed by atoms with Gasteiger partial charge in [-0.2, -0.15) is 4.98 Å². The molecule has 1 amide bonds. The van der Waals surface area contributed by atoms with Crippen LogP contribution >= 0.6 is 0 Å².